The fraction of sp³-hybridized carbons (Fsp3) is 0.391. The number of benzene rings is 2. The third-order valence-electron chi connectivity index (χ3n) is 5.44. The molecular weight excluding hydrogens is 355 g/mol. The number of halogens is 1. The maximum absolute atomic E-state index is 13.7. The highest BCUT2D eigenvalue weighted by Crippen LogP contribution is 2.32. The maximum atomic E-state index is 13.7. The SMILES string of the molecule is CC(C)c1ccccc1NC(=O)C1CCC(C(=O)Nc2ccccc2F)CC1. The van der Waals surface area contributed by atoms with Crippen molar-refractivity contribution in [2.45, 2.75) is 45.4 Å². The van der Waals surface area contributed by atoms with Crippen LogP contribution in [0.1, 0.15) is 51.0 Å². The van der Waals surface area contributed by atoms with Crippen LogP contribution in [0.5, 0.6) is 0 Å². The van der Waals surface area contributed by atoms with Crippen molar-refractivity contribution in [2.75, 3.05) is 10.6 Å². The molecule has 3 rings (SSSR count). The molecule has 4 nitrogen and oxygen atoms in total. The van der Waals surface area contributed by atoms with E-state index in [1.54, 1.807) is 18.2 Å². The quantitative estimate of drug-likeness (QED) is 0.734. The second kappa shape index (κ2) is 9.00. The van der Waals surface area contributed by atoms with E-state index in [2.05, 4.69) is 24.5 Å². The summed E-state index contributed by atoms with van der Waals surface area (Å²) in [7, 11) is 0. The van der Waals surface area contributed by atoms with Crippen molar-refractivity contribution in [3.05, 3.63) is 59.9 Å². The molecule has 0 aliphatic heterocycles. The molecule has 2 amide bonds. The van der Waals surface area contributed by atoms with Crippen molar-refractivity contribution >= 4 is 23.2 Å². The van der Waals surface area contributed by atoms with Crippen LogP contribution in [0.15, 0.2) is 48.5 Å². The van der Waals surface area contributed by atoms with Crippen LogP contribution >= 0.6 is 0 Å². The number of nitrogens with one attached hydrogen (secondary N) is 2. The van der Waals surface area contributed by atoms with Crippen LogP contribution in [0, 0.1) is 17.7 Å². The Morgan fingerprint density at radius 3 is 1.82 bits per heavy atom. The molecule has 0 atom stereocenters. The van der Waals surface area contributed by atoms with Crippen molar-refractivity contribution in [1.29, 1.82) is 0 Å². The molecule has 1 fully saturated rings. The lowest BCUT2D eigenvalue weighted by Crippen LogP contribution is -2.32. The van der Waals surface area contributed by atoms with E-state index in [-0.39, 0.29) is 29.3 Å². The fourth-order valence-electron chi connectivity index (χ4n) is 3.76. The molecule has 148 valence electrons. The lowest BCUT2D eigenvalue weighted by molar-refractivity contribution is -0.125. The first-order valence-corrected chi connectivity index (χ1v) is 9.91. The second-order valence-electron chi connectivity index (χ2n) is 7.75. The monoisotopic (exact) mass is 382 g/mol. The normalized spacial score (nSPS) is 19.3. The minimum absolute atomic E-state index is 0.0149. The molecule has 0 heterocycles. The van der Waals surface area contributed by atoms with Gasteiger partial charge in [-0.25, -0.2) is 4.39 Å². The van der Waals surface area contributed by atoms with E-state index < -0.39 is 5.82 Å². The standard InChI is InChI=1S/C23H27FN2O2/c1-15(2)18-7-3-5-9-20(18)25-22(27)16-11-13-17(14-12-16)23(28)26-21-10-6-4-8-19(21)24/h3-10,15-17H,11-14H2,1-2H3,(H,25,27)(H,26,28). The minimum atomic E-state index is -0.437. The van der Waals surface area contributed by atoms with Crippen LogP contribution < -0.4 is 10.6 Å². The topological polar surface area (TPSA) is 58.2 Å². The molecule has 1 aliphatic carbocycles. The summed E-state index contributed by atoms with van der Waals surface area (Å²) in [5.41, 5.74) is 2.19. The number of amides is 2. The van der Waals surface area contributed by atoms with Gasteiger partial charge in [0.05, 0.1) is 5.69 Å². The molecule has 0 radical (unpaired) electrons. The molecule has 2 N–H and O–H groups in total. The molecule has 0 unspecified atom stereocenters. The molecule has 1 aliphatic rings. The van der Waals surface area contributed by atoms with Crippen molar-refractivity contribution < 1.29 is 14.0 Å². The number of carbonyl (C=O) groups is 2. The zero-order valence-electron chi connectivity index (χ0n) is 16.4. The Morgan fingerprint density at radius 2 is 1.29 bits per heavy atom. The zero-order valence-corrected chi connectivity index (χ0v) is 16.4. The summed E-state index contributed by atoms with van der Waals surface area (Å²) in [6.07, 6.45) is 2.57. The number of rotatable bonds is 5. The number of anilines is 2. The van der Waals surface area contributed by atoms with Gasteiger partial charge in [0.1, 0.15) is 5.82 Å². The molecule has 2 aromatic rings. The van der Waals surface area contributed by atoms with Gasteiger partial charge in [0.25, 0.3) is 0 Å². The highest BCUT2D eigenvalue weighted by Gasteiger charge is 2.30. The predicted molar refractivity (Wildman–Crippen MR) is 110 cm³/mol. The van der Waals surface area contributed by atoms with Crippen LogP contribution in [0.25, 0.3) is 0 Å². The van der Waals surface area contributed by atoms with E-state index in [0.29, 0.717) is 31.6 Å². The third-order valence-corrected chi connectivity index (χ3v) is 5.44. The van der Waals surface area contributed by atoms with E-state index in [4.69, 9.17) is 0 Å². The Bertz CT molecular complexity index is 842. The molecule has 0 saturated heterocycles. The van der Waals surface area contributed by atoms with Gasteiger partial charge in [-0.2, -0.15) is 0 Å². The van der Waals surface area contributed by atoms with Gasteiger partial charge < -0.3 is 10.6 Å². The van der Waals surface area contributed by atoms with Gasteiger partial charge in [0.2, 0.25) is 11.8 Å². The van der Waals surface area contributed by atoms with Crippen LogP contribution in [0.3, 0.4) is 0 Å². The summed E-state index contributed by atoms with van der Waals surface area (Å²) in [6, 6.07) is 14.0. The van der Waals surface area contributed by atoms with Gasteiger partial charge in [-0.1, -0.05) is 44.2 Å². The molecule has 28 heavy (non-hydrogen) atoms. The zero-order chi connectivity index (χ0) is 20.1. The van der Waals surface area contributed by atoms with E-state index in [1.807, 2.05) is 24.3 Å². The Hall–Kier alpha value is -2.69. The summed E-state index contributed by atoms with van der Waals surface area (Å²) in [6.45, 7) is 4.20. The molecule has 5 heteroatoms. The average molecular weight is 382 g/mol. The number of hydrogen-bond acceptors (Lipinski definition) is 2. The molecule has 1 saturated carbocycles. The maximum Gasteiger partial charge on any atom is 0.227 e. The van der Waals surface area contributed by atoms with Gasteiger partial charge in [-0.15, -0.1) is 0 Å². The van der Waals surface area contributed by atoms with E-state index in [1.165, 1.54) is 6.07 Å². The summed E-state index contributed by atoms with van der Waals surface area (Å²) < 4.78 is 13.7. The summed E-state index contributed by atoms with van der Waals surface area (Å²) in [5.74, 6) is -0.554. The molecule has 2 aromatic carbocycles. The number of carbonyl (C=O) groups excluding carboxylic acids is 2. The highest BCUT2D eigenvalue weighted by atomic mass is 19.1. The van der Waals surface area contributed by atoms with Gasteiger partial charge in [-0.3, -0.25) is 9.59 Å². The van der Waals surface area contributed by atoms with Crippen molar-refractivity contribution in [3.63, 3.8) is 0 Å². The van der Waals surface area contributed by atoms with E-state index >= 15 is 0 Å². The van der Waals surface area contributed by atoms with Crippen LogP contribution in [-0.4, -0.2) is 11.8 Å². The summed E-state index contributed by atoms with van der Waals surface area (Å²) in [4.78, 5) is 25.1. The van der Waals surface area contributed by atoms with Crippen molar-refractivity contribution in [1.82, 2.24) is 0 Å². The van der Waals surface area contributed by atoms with E-state index in [9.17, 15) is 14.0 Å². The molecular formula is C23H27FN2O2. The smallest absolute Gasteiger partial charge is 0.227 e. The Labute approximate surface area is 165 Å². The molecule has 0 aromatic heterocycles. The van der Waals surface area contributed by atoms with Gasteiger partial charge in [0.15, 0.2) is 0 Å². The fourth-order valence-corrected chi connectivity index (χ4v) is 3.76. The summed E-state index contributed by atoms with van der Waals surface area (Å²) >= 11 is 0. The predicted octanol–water partition coefficient (Wildman–Crippen LogP) is 5.33. The lowest BCUT2D eigenvalue weighted by atomic mass is 9.81. The summed E-state index contributed by atoms with van der Waals surface area (Å²) in [5, 5.41) is 5.73. The Kier molecular flexibility index (Phi) is 6.45. The highest BCUT2D eigenvalue weighted by molar-refractivity contribution is 5.95. The first kappa shape index (κ1) is 20.1. The average Bonchev–Trinajstić information content (AvgIpc) is 2.70. The lowest BCUT2D eigenvalue weighted by Gasteiger charge is -2.27. The van der Waals surface area contributed by atoms with Crippen molar-refractivity contribution in [3.8, 4) is 0 Å². The number of para-hydroxylation sites is 2. The Balaban J connectivity index is 1.54. The van der Waals surface area contributed by atoms with Crippen LogP contribution in [0.2, 0.25) is 0 Å². The van der Waals surface area contributed by atoms with Gasteiger partial charge in [-0.05, 0) is 55.4 Å². The molecule has 0 spiro atoms. The first-order chi connectivity index (χ1) is 13.5. The van der Waals surface area contributed by atoms with Crippen molar-refractivity contribution in [2.24, 2.45) is 11.8 Å². The first-order valence-electron chi connectivity index (χ1n) is 9.91. The minimum Gasteiger partial charge on any atom is -0.326 e. The molecule has 0 bridgehead atoms. The van der Waals surface area contributed by atoms with Crippen LogP contribution in [-0.2, 0) is 9.59 Å². The Morgan fingerprint density at radius 1 is 0.821 bits per heavy atom. The van der Waals surface area contributed by atoms with Crippen LogP contribution in [0.4, 0.5) is 15.8 Å². The van der Waals surface area contributed by atoms with Gasteiger partial charge >= 0.3 is 0 Å². The third kappa shape index (κ3) is 4.77. The largest absolute Gasteiger partial charge is 0.326 e. The number of hydrogen-bond donors (Lipinski definition) is 2. The van der Waals surface area contributed by atoms with E-state index in [0.717, 1.165) is 11.3 Å². The second-order valence-corrected chi connectivity index (χ2v) is 7.75. The van der Waals surface area contributed by atoms with Gasteiger partial charge in [0, 0.05) is 17.5 Å².